The lowest BCUT2D eigenvalue weighted by molar-refractivity contribution is 0.233. The summed E-state index contributed by atoms with van der Waals surface area (Å²) in [7, 11) is 0. The molecule has 5 heteroatoms. The Morgan fingerprint density at radius 1 is 1.56 bits per heavy atom. The highest BCUT2D eigenvalue weighted by Gasteiger charge is 2.04. The van der Waals surface area contributed by atoms with E-state index < -0.39 is 0 Å². The Morgan fingerprint density at radius 3 is 3.00 bits per heavy atom. The third-order valence-electron chi connectivity index (χ3n) is 2.24. The molecule has 90 valence electrons. The third kappa shape index (κ3) is 5.14. The van der Waals surface area contributed by atoms with E-state index in [2.05, 4.69) is 10.6 Å². The van der Waals surface area contributed by atoms with E-state index in [4.69, 9.17) is 5.11 Å². The fourth-order valence-electron chi connectivity index (χ4n) is 1.23. The summed E-state index contributed by atoms with van der Waals surface area (Å²) in [5.41, 5.74) is 0. The van der Waals surface area contributed by atoms with E-state index in [1.165, 1.54) is 0 Å². The van der Waals surface area contributed by atoms with Gasteiger partial charge >= 0.3 is 6.03 Å². The van der Waals surface area contributed by atoms with Gasteiger partial charge in [0.25, 0.3) is 0 Å². The monoisotopic (exact) mass is 242 g/mol. The highest BCUT2D eigenvalue weighted by atomic mass is 32.1. The normalized spacial score (nSPS) is 12.1. The molecule has 0 aliphatic heterocycles. The van der Waals surface area contributed by atoms with Gasteiger partial charge < -0.3 is 15.7 Å². The van der Waals surface area contributed by atoms with Gasteiger partial charge in [-0.25, -0.2) is 4.79 Å². The van der Waals surface area contributed by atoms with Crippen molar-refractivity contribution in [3.05, 3.63) is 22.4 Å². The van der Waals surface area contributed by atoms with Crippen LogP contribution in [0.15, 0.2) is 17.5 Å². The minimum atomic E-state index is -0.154. The maximum absolute atomic E-state index is 11.4. The zero-order chi connectivity index (χ0) is 11.8. The molecule has 0 spiro atoms. The predicted octanol–water partition coefficient (Wildman–Crippen LogP) is 1.57. The maximum atomic E-state index is 11.4. The Hall–Kier alpha value is -1.07. The topological polar surface area (TPSA) is 61.4 Å². The largest absolute Gasteiger partial charge is 0.396 e. The van der Waals surface area contributed by atoms with Crippen LogP contribution in [-0.2, 0) is 6.54 Å². The fourth-order valence-corrected chi connectivity index (χ4v) is 1.88. The lowest BCUT2D eigenvalue weighted by atomic mass is 10.1. The molecule has 0 aromatic carbocycles. The van der Waals surface area contributed by atoms with E-state index in [-0.39, 0.29) is 12.6 Å². The van der Waals surface area contributed by atoms with Crippen molar-refractivity contribution in [1.82, 2.24) is 10.6 Å². The molecule has 0 fully saturated rings. The average molecular weight is 242 g/mol. The van der Waals surface area contributed by atoms with Gasteiger partial charge in [-0.05, 0) is 23.8 Å². The summed E-state index contributed by atoms with van der Waals surface area (Å²) in [6.07, 6.45) is 0.713. The second-order valence-electron chi connectivity index (χ2n) is 3.76. The molecule has 16 heavy (non-hydrogen) atoms. The number of rotatable bonds is 6. The Bertz CT molecular complexity index is 301. The number of carbonyl (C=O) groups is 1. The lowest BCUT2D eigenvalue weighted by Crippen LogP contribution is -2.37. The third-order valence-corrected chi connectivity index (χ3v) is 3.11. The molecule has 0 saturated carbocycles. The smallest absolute Gasteiger partial charge is 0.315 e. The molecule has 0 bridgehead atoms. The number of aliphatic hydroxyl groups excluding tert-OH is 1. The van der Waals surface area contributed by atoms with E-state index in [1.807, 2.05) is 24.4 Å². The molecular formula is C11H18N2O2S. The average Bonchev–Trinajstić information content (AvgIpc) is 2.77. The first kappa shape index (κ1) is 13.0. The minimum absolute atomic E-state index is 0.154. The molecule has 3 N–H and O–H groups in total. The number of thiophene rings is 1. The van der Waals surface area contributed by atoms with Gasteiger partial charge in [-0.1, -0.05) is 13.0 Å². The quantitative estimate of drug-likeness (QED) is 0.709. The Kier molecular flexibility index (Phi) is 5.88. The number of hydrogen-bond acceptors (Lipinski definition) is 3. The van der Waals surface area contributed by atoms with Crippen molar-refractivity contribution >= 4 is 17.4 Å². The maximum Gasteiger partial charge on any atom is 0.315 e. The summed E-state index contributed by atoms with van der Waals surface area (Å²) >= 11 is 1.62. The van der Waals surface area contributed by atoms with Crippen molar-refractivity contribution in [3.63, 3.8) is 0 Å². The van der Waals surface area contributed by atoms with Crippen LogP contribution in [0.2, 0.25) is 0 Å². The predicted molar refractivity (Wildman–Crippen MR) is 65.4 cm³/mol. The molecule has 0 radical (unpaired) electrons. The number of amides is 2. The van der Waals surface area contributed by atoms with Crippen LogP contribution in [0.1, 0.15) is 18.2 Å². The molecular weight excluding hydrogens is 224 g/mol. The highest BCUT2D eigenvalue weighted by molar-refractivity contribution is 7.09. The second-order valence-corrected chi connectivity index (χ2v) is 4.79. The zero-order valence-corrected chi connectivity index (χ0v) is 10.2. The molecule has 0 aliphatic carbocycles. The van der Waals surface area contributed by atoms with E-state index >= 15 is 0 Å². The summed E-state index contributed by atoms with van der Waals surface area (Å²) in [5, 5.41) is 16.2. The second kappa shape index (κ2) is 7.24. The first-order valence-electron chi connectivity index (χ1n) is 5.37. The van der Waals surface area contributed by atoms with Gasteiger partial charge in [0.05, 0.1) is 6.54 Å². The number of nitrogens with one attached hydrogen (secondary N) is 2. The van der Waals surface area contributed by atoms with E-state index in [1.54, 1.807) is 11.3 Å². The van der Waals surface area contributed by atoms with Crippen molar-refractivity contribution in [1.29, 1.82) is 0 Å². The number of carbonyl (C=O) groups excluding carboxylic acids is 1. The molecule has 4 nitrogen and oxygen atoms in total. The Labute approximate surface area is 99.7 Å². The molecule has 1 rings (SSSR count). The summed E-state index contributed by atoms with van der Waals surface area (Å²) in [6.45, 7) is 3.32. The van der Waals surface area contributed by atoms with E-state index in [0.29, 0.717) is 25.4 Å². The van der Waals surface area contributed by atoms with Crippen molar-refractivity contribution in [3.8, 4) is 0 Å². The summed E-state index contributed by atoms with van der Waals surface area (Å²) in [4.78, 5) is 12.5. The summed E-state index contributed by atoms with van der Waals surface area (Å²) in [6, 6.07) is 3.79. The van der Waals surface area contributed by atoms with Crippen LogP contribution in [0.4, 0.5) is 4.79 Å². The molecule has 1 heterocycles. The van der Waals surface area contributed by atoms with Crippen molar-refractivity contribution in [2.45, 2.75) is 19.9 Å². The van der Waals surface area contributed by atoms with Crippen LogP contribution in [-0.4, -0.2) is 24.3 Å². The van der Waals surface area contributed by atoms with Gasteiger partial charge in [0.1, 0.15) is 0 Å². The van der Waals surface area contributed by atoms with Gasteiger partial charge in [0.15, 0.2) is 0 Å². The lowest BCUT2D eigenvalue weighted by Gasteiger charge is -2.11. The van der Waals surface area contributed by atoms with E-state index in [9.17, 15) is 4.79 Å². The first-order chi connectivity index (χ1) is 7.72. The standard InChI is InChI=1S/C11H18N2O2S/c1-9(4-5-14)7-12-11(15)13-8-10-3-2-6-16-10/h2-3,6,9,14H,4-5,7-8H2,1H3,(H2,12,13,15). The van der Waals surface area contributed by atoms with Gasteiger partial charge in [-0.2, -0.15) is 0 Å². The van der Waals surface area contributed by atoms with Gasteiger partial charge in [-0.15, -0.1) is 11.3 Å². The van der Waals surface area contributed by atoms with E-state index in [0.717, 1.165) is 4.88 Å². The molecule has 1 aromatic heterocycles. The number of urea groups is 1. The van der Waals surface area contributed by atoms with Crippen LogP contribution >= 0.6 is 11.3 Å². The van der Waals surface area contributed by atoms with Crippen LogP contribution in [0.5, 0.6) is 0 Å². The number of aliphatic hydroxyl groups is 1. The summed E-state index contributed by atoms with van der Waals surface area (Å²) in [5.74, 6) is 0.303. The first-order valence-corrected chi connectivity index (χ1v) is 6.25. The van der Waals surface area contributed by atoms with Crippen LogP contribution in [0.3, 0.4) is 0 Å². The molecule has 1 aromatic rings. The molecule has 1 atom stereocenters. The van der Waals surface area contributed by atoms with Crippen molar-refractivity contribution in [2.75, 3.05) is 13.2 Å². The van der Waals surface area contributed by atoms with Crippen LogP contribution < -0.4 is 10.6 Å². The minimum Gasteiger partial charge on any atom is -0.396 e. The fraction of sp³-hybridized carbons (Fsp3) is 0.545. The summed E-state index contributed by atoms with van der Waals surface area (Å²) < 4.78 is 0. The van der Waals surface area contributed by atoms with Crippen LogP contribution in [0.25, 0.3) is 0 Å². The van der Waals surface area contributed by atoms with Gasteiger partial charge in [0, 0.05) is 18.0 Å². The van der Waals surface area contributed by atoms with Crippen molar-refractivity contribution in [2.24, 2.45) is 5.92 Å². The zero-order valence-electron chi connectivity index (χ0n) is 9.40. The SMILES string of the molecule is CC(CCO)CNC(=O)NCc1cccs1. The van der Waals surface area contributed by atoms with Gasteiger partial charge in [-0.3, -0.25) is 0 Å². The molecule has 0 aliphatic rings. The highest BCUT2D eigenvalue weighted by Crippen LogP contribution is 2.07. The molecule has 0 saturated heterocycles. The van der Waals surface area contributed by atoms with Crippen molar-refractivity contribution < 1.29 is 9.90 Å². The Morgan fingerprint density at radius 2 is 2.38 bits per heavy atom. The Balaban J connectivity index is 2.11. The van der Waals surface area contributed by atoms with Gasteiger partial charge in [0.2, 0.25) is 0 Å². The number of hydrogen-bond donors (Lipinski definition) is 3. The molecule has 2 amide bonds. The van der Waals surface area contributed by atoms with Crippen LogP contribution in [0, 0.1) is 5.92 Å². The molecule has 1 unspecified atom stereocenters.